The second kappa shape index (κ2) is 7.45. The minimum atomic E-state index is -0.505. The van der Waals surface area contributed by atoms with Crippen LogP contribution in [0.3, 0.4) is 0 Å². The van der Waals surface area contributed by atoms with Crippen LogP contribution >= 0.6 is 0 Å². The van der Waals surface area contributed by atoms with Gasteiger partial charge in [-0.05, 0) is 37.6 Å². The minimum absolute atomic E-state index is 0.0832. The maximum atomic E-state index is 12.4. The molecule has 24 heavy (non-hydrogen) atoms. The van der Waals surface area contributed by atoms with Crippen LogP contribution in [-0.4, -0.2) is 24.5 Å². The van der Waals surface area contributed by atoms with Crippen LogP contribution in [0.5, 0.6) is 11.5 Å². The van der Waals surface area contributed by atoms with Gasteiger partial charge in [0.1, 0.15) is 0 Å². The average molecular weight is 330 g/mol. The number of nitrogens with zero attached hydrogens (tertiary/aromatic N) is 1. The summed E-state index contributed by atoms with van der Waals surface area (Å²) in [5, 5.41) is 13.5. The molecule has 0 bridgehead atoms. The van der Waals surface area contributed by atoms with E-state index in [2.05, 4.69) is 5.32 Å². The maximum Gasteiger partial charge on any atom is 0.271 e. The number of aryl methyl sites for hydroxylation is 1. The number of amides is 1. The summed E-state index contributed by atoms with van der Waals surface area (Å²) in [5.41, 5.74) is 1.40. The lowest BCUT2D eigenvalue weighted by Gasteiger charge is -2.12. The Bertz CT molecular complexity index is 774. The zero-order valence-corrected chi connectivity index (χ0v) is 13.7. The topological polar surface area (TPSA) is 90.7 Å². The summed E-state index contributed by atoms with van der Waals surface area (Å²) in [5.74, 6) is 0.600. The molecule has 7 nitrogen and oxygen atoms in total. The van der Waals surface area contributed by atoms with Crippen LogP contribution < -0.4 is 14.8 Å². The quantitative estimate of drug-likeness (QED) is 0.646. The van der Waals surface area contributed by atoms with Crippen molar-refractivity contribution in [2.75, 3.05) is 19.0 Å². The average Bonchev–Trinajstić information content (AvgIpc) is 2.57. The summed E-state index contributed by atoms with van der Waals surface area (Å²) in [6.45, 7) is 4.10. The van der Waals surface area contributed by atoms with E-state index in [1.807, 2.05) is 6.92 Å². The molecule has 0 fully saturated rings. The standard InChI is InChI=1S/C17H18N2O5/c1-4-24-15-8-6-12(9-16(15)23-3)17(20)18-14-10-13(19(21)22)7-5-11(14)2/h5-10H,4H2,1-3H3,(H,18,20). The van der Waals surface area contributed by atoms with Gasteiger partial charge < -0.3 is 14.8 Å². The second-order valence-electron chi connectivity index (χ2n) is 5.01. The van der Waals surface area contributed by atoms with Gasteiger partial charge in [-0.1, -0.05) is 6.07 Å². The van der Waals surface area contributed by atoms with E-state index in [0.717, 1.165) is 5.56 Å². The fraction of sp³-hybridized carbons (Fsp3) is 0.235. The number of rotatable bonds is 6. The van der Waals surface area contributed by atoms with Crippen molar-refractivity contribution in [1.82, 2.24) is 0 Å². The van der Waals surface area contributed by atoms with Gasteiger partial charge in [0.05, 0.1) is 24.3 Å². The zero-order chi connectivity index (χ0) is 17.7. The molecule has 2 aromatic carbocycles. The predicted molar refractivity (Wildman–Crippen MR) is 89.9 cm³/mol. The highest BCUT2D eigenvalue weighted by Gasteiger charge is 2.14. The Morgan fingerprint density at radius 1 is 1.21 bits per heavy atom. The first-order valence-corrected chi connectivity index (χ1v) is 7.33. The molecular weight excluding hydrogens is 312 g/mol. The zero-order valence-electron chi connectivity index (χ0n) is 13.7. The number of hydrogen-bond donors (Lipinski definition) is 1. The van der Waals surface area contributed by atoms with E-state index in [0.29, 0.717) is 29.4 Å². The summed E-state index contributed by atoms with van der Waals surface area (Å²) in [4.78, 5) is 22.8. The molecule has 7 heteroatoms. The van der Waals surface area contributed by atoms with Crippen molar-refractivity contribution >= 4 is 17.3 Å². The van der Waals surface area contributed by atoms with Crippen LogP contribution in [0, 0.1) is 17.0 Å². The van der Waals surface area contributed by atoms with E-state index < -0.39 is 4.92 Å². The summed E-state index contributed by atoms with van der Waals surface area (Å²) in [6, 6.07) is 9.14. The van der Waals surface area contributed by atoms with Gasteiger partial charge in [0.25, 0.3) is 11.6 Å². The molecule has 0 heterocycles. The Kier molecular flexibility index (Phi) is 5.36. The van der Waals surface area contributed by atoms with Crippen molar-refractivity contribution < 1.29 is 19.2 Å². The summed E-state index contributed by atoms with van der Waals surface area (Å²) < 4.78 is 10.6. The van der Waals surface area contributed by atoms with E-state index >= 15 is 0 Å². The molecule has 1 N–H and O–H groups in total. The Morgan fingerprint density at radius 3 is 2.58 bits per heavy atom. The largest absolute Gasteiger partial charge is 0.493 e. The number of non-ortho nitro benzene ring substituents is 1. The first-order valence-electron chi connectivity index (χ1n) is 7.33. The molecule has 1 amide bonds. The van der Waals surface area contributed by atoms with Gasteiger partial charge in [-0.15, -0.1) is 0 Å². The Balaban J connectivity index is 2.27. The fourth-order valence-electron chi connectivity index (χ4n) is 2.14. The van der Waals surface area contributed by atoms with E-state index in [1.165, 1.54) is 19.2 Å². The minimum Gasteiger partial charge on any atom is -0.493 e. The number of nitro groups is 1. The molecule has 0 atom stereocenters. The van der Waals surface area contributed by atoms with E-state index in [1.54, 1.807) is 31.2 Å². The molecule has 0 aromatic heterocycles. The highest BCUT2D eigenvalue weighted by atomic mass is 16.6. The molecule has 0 radical (unpaired) electrons. The number of hydrogen-bond acceptors (Lipinski definition) is 5. The van der Waals surface area contributed by atoms with Crippen molar-refractivity contribution in [1.29, 1.82) is 0 Å². The first-order chi connectivity index (χ1) is 11.5. The Hall–Kier alpha value is -3.09. The molecule has 2 aromatic rings. The van der Waals surface area contributed by atoms with Crippen molar-refractivity contribution in [3.8, 4) is 11.5 Å². The molecule has 0 aliphatic heterocycles. The number of ether oxygens (including phenoxy) is 2. The fourth-order valence-corrected chi connectivity index (χ4v) is 2.14. The molecule has 0 saturated heterocycles. The number of carbonyl (C=O) groups excluding carboxylic acids is 1. The normalized spacial score (nSPS) is 10.1. The Morgan fingerprint density at radius 2 is 1.96 bits per heavy atom. The monoisotopic (exact) mass is 330 g/mol. The highest BCUT2D eigenvalue weighted by Crippen LogP contribution is 2.29. The molecule has 0 saturated carbocycles. The number of benzene rings is 2. The highest BCUT2D eigenvalue weighted by molar-refractivity contribution is 6.05. The lowest BCUT2D eigenvalue weighted by atomic mass is 10.1. The molecule has 0 aliphatic rings. The van der Waals surface area contributed by atoms with Crippen LogP contribution in [0.2, 0.25) is 0 Å². The van der Waals surface area contributed by atoms with E-state index in [-0.39, 0.29) is 11.6 Å². The van der Waals surface area contributed by atoms with Crippen LogP contribution in [0.15, 0.2) is 36.4 Å². The third-order valence-electron chi connectivity index (χ3n) is 3.41. The van der Waals surface area contributed by atoms with Crippen LogP contribution in [0.1, 0.15) is 22.8 Å². The molecule has 0 spiro atoms. The molecular formula is C17H18N2O5. The summed E-state index contributed by atoms with van der Waals surface area (Å²) in [7, 11) is 1.49. The van der Waals surface area contributed by atoms with Gasteiger partial charge in [0, 0.05) is 17.7 Å². The smallest absolute Gasteiger partial charge is 0.271 e. The maximum absolute atomic E-state index is 12.4. The van der Waals surface area contributed by atoms with Crippen molar-refractivity contribution in [2.24, 2.45) is 0 Å². The second-order valence-corrected chi connectivity index (χ2v) is 5.01. The summed E-state index contributed by atoms with van der Waals surface area (Å²) in [6.07, 6.45) is 0. The third-order valence-corrected chi connectivity index (χ3v) is 3.41. The number of nitrogens with one attached hydrogen (secondary N) is 1. The van der Waals surface area contributed by atoms with E-state index in [9.17, 15) is 14.9 Å². The lowest BCUT2D eigenvalue weighted by Crippen LogP contribution is -2.13. The number of carbonyl (C=O) groups is 1. The summed E-state index contributed by atoms with van der Waals surface area (Å²) >= 11 is 0. The first kappa shape index (κ1) is 17.3. The lowest BCUT2D eigenvalue weighted by molar-refractivity contribution is -0.384. The van der Waals surface area contributed by atoms with Crippen LogP contribution in [-0.2, 0) is 0 Å². The van der Waals surface area contributed by atoms with Gasteiger partial charge in [0.2, 0.25) is 0 Å². The molecule has 0 unspecified atom stereocenters. The number of nitro benzene ring substituents is 1. The molecule has 0 aliphatic carbocycles. The van der Waals surface area contributed by atoms with Gasteiger partial charge in [-0.3, -0.25) is 14.9 Å². The van der Waals surface area contributed by atoms with Gasteiger partial charge in [-0.2, -0.15) is 0 Å². The third kappa shape index (κ3) is 3.81. The number of anilines is 1. The van der Waals surface area contributed by atoms with Gasteiger partial charge >= 0.3 is 0 Å². The van der Waals surface area contributed by atoms with Crippen LogP contribution in [0.4, 0.5) is 11.4 Å². The van der Waals surface area contributed by atoms with E-state index in [4.69, 9.17) is 9.47 Å². The van der Waals surface area contributed by atoms with Crippen molar-refractivity contribution in [3.63, 3.8) is 0 Å². The van der Waals surface area contributed by atoms with Crippen molar-refractivity contribution in [3.05, 3.63) is 57.6 Å². The van der Waals surface area contributed by atoms with Gasteiger partial charge in [0.15, 0.2) is 11.5 Å². The van der Waals surface area contributed by atoms with Crippen LogP contribution in [0.25, 0.3) is 0 Å². The Labute approximate surface area is 139 Å². The molecule has 126 valence electrons. The molecule has 2 rings (SSSR count). The number of methoxy groups -OCH3 is 1. The predicted octanol–water partition coefficient (Wildman–Crippen LogP) is 3.56. The van der Waals surface area contributed by atoms with Gasteiger partial charge in [-0.25, -0.2) is 0 Å². The van der Waals surface area contributed by atoms with Crippen molar-refractivity contribution in [2.45, 2.75) is 13.8 Å². The SMILES string of the molecule is CCOc1ccc(C(=O)Nc2cc([N+](=O)[O-])ccc2C)cc1OC.